The molecule has 6 nitrogen and oxygen atoms in total. The first-order valence-corrected chi connectivity index (χ1v) is 11.9. The van der Waals surface area contributed by atoms with Crippen LogP contribution in [0.15, 0.2) is 42.6 Å². The first-order chi connectivity index (χ1) is 15.7. The maximum atomic E-state index is 13.5. The zero-order chi connectivity index (χ0) is 22.3. The minimum absolute atomic E-state index is 0.0626. The van der Waals surface area contributed by atoms with Gasteiger partial charge in [0.15, 0.2) is 0 Å². The third-order valence-electron chi connectivity index (χ3n) is 6.78. The first kappa shape index (κ1) is 22.7. The molecule has 1 amide bonds. The number of piperidine rings is 1. The third-order valence-corrected chi connectivity index (χ3v) is 6.78. The van der Waals surface area contributed by atoms with E-state index in [0.29, 0.717) is 17.9 Å². The van der Waals surface area contributed by atoms with Gasteiger partial charge in [0.25, 0.3) is 5.91 Å². The number of ether oxygens (including phenoxy) is 2. The molecule has 0 bridgehead atoms. The quantitative estimate of drug-likeness (QED) is 0.724. The summed E-state index contributed by atoms with van der Waals surface area (Å²) in [6.07, 6.45) is 7.05. The second-order valence-corrected chi connectivity index (χ2v) is 8.87. The van der Waals surface area contributed by atoms with E-state index >= 15 is 0 Å². The van der Waals surface area contributed by atoms with Gasteiger partial charge >= 0.3 is 0 Å². The van der Waals surface area contributed by atoms with Gasteiger partial charge in [0, 0.05) is 32.9 Å². The van der Waals surface area contributed by atoms with Crippen LogP contribution in [0.3, 0.4) is 0 Å². The number of rotatable bonds is 3. The summed E-state index contributed by atoms with van der Waals surface area (Å²) in [6.45, 7) is 6.03. The van der Waals surface area contributed by atoms with E-state index in [0.717, 1.165) is 64.0 Å². The normalized spacial score (nSPS) is 23.2. The topological polar surface area (TPSA) is 54.9 Å². The SMILES string of the molecule is CO[C@@H]1CCCN2C(=O)c3ccccc3OCCN(Cc3ncccc3C)CCCC[C@H]12. The number of hydrogen-bond donors (Lipinski definition) is 0. The number of pyridine rings is 1. The van der Waals surface area contributed by atoms with E-state index in [1.165, 1.54) is 5.56 Å². The maximum Gasteiger partial charge on any atom is 0.257 e. The zero-order valence-electron chi connectivity index (χ0n) is 19.3. The average Bonchev–Trinajstić information content (AvgIpc) is 2.83. The Kier molecular flexibility index (Phi) is 7.76. The highest BCUT2D eigenvalue weighted by molar-refractivity contribution is 5.97. The van der Waals surface area contributed by atoms with Crippen molar-refractivity contribution in [3.05, 3.63) is 59.4 Å². The molecular weight excluding hydrogens is 402 g/mol. The second-order valence-electron chi connectivity index (χ2n) is 8.87. The number of methoxy groups -OCH3 is 1. The van der Waals surface area contributed by atoms with Crippen LogP contribution in [0.2, 0.25) is 0 Å². The van der Waals surface area contributed by atoms with Crippen molar-refractivity contribution in [1.29, 1.82) is 0 Å². The van der Waals surface area contributed by atoms with Crippen LogP contribution in [-0.2, 0) is 11.3 Å². The molecule has 0 saturated carbocycles. The number of nitrogens with zero attached hydrogens (tertiary/aromatic N) is 3. The van der Waals surface area contributed by atoms with Gasteiger partial charge in [-0.1, -0.05) is 24.6 Å². The van der Waals surface area contributed by atoms with Crippen molar-refractivity contribution < 1.29 is 14.3 Å². The lowest BCUT2D eigenvalue weighted by atomic mass is 9.93. The van der Waals surface area contributed by atoms with E-state index in [4.69, 9.17) is 9.47 Å². The summed E-state index contributed by atoms with van der Waals surface area (Å²) in [5.74, 6) is 0.733. The molecule has 172 valence electrons. The minimum atomic E-state index is 0.0626. The number of carbonyl (C=O) groups excluding carboxylic acids is 1. The molecule has 1 aromatic heterocycles. The predicted octanol–water partition coefficient (Wildman–Crippen LogP) is 4.07. The summed E-state index contributed by atoms with van der Waals surface area (Å²) >= 11 is 0. The zero-order valence-corrected chi connectivity index (χ0v) is 19.3. The van der Waals surface area contributed by atoms with Crippen molar-refractivity contribution >= 4 is 5.91 Å². The molecule has 32 heavy (non-hydrogen) atoms. The van der Waals surface area contributed by atoms with Crippen LogP contribution in [0.4, 0.5) is 0 Å². The van der Waals surface area contributed by atoms with Crippen molar-refractivity contribution in [2.24, 2.45) is 0 Å². The van der Waals surface area contributed by atoms with Crippen molar-refractivity contribution in [3.8, 4) is 5.75 Å². The third kappa shape index (κ3) is 5.30. The molecule has 0 radical (unpaired) electrons. The number of para-hydroxylation sites is 1. The molecule has 2 atom stereocenters. The Morgan fingerprint density at radius 3 is 2.78 bits per heavy atom. The monoisotopic (exact) mass is 437 g/mol. The fourth-order valence-electron chi connectivity index (χ4n) is 4.95. The molecule has 0 aliphatic carbocycles. The highest BCUT2D eigenvalue weighted by atomic mass is 16.5. The number of hydrogen-bond acceptors (Lipinski definition) is 5. The van der Waals surface area contributed by atoms with Crippen molar-refractivity contribution in [2.45, 2.75) is 57.7 Å². The summed E-state index contributed by atoms with van der Waals surface area (Å²) in [5.41, 5.74) is 2.99. The Labute approximate surface area is 191 Å². The Balaban J connectivity index is 1.56. The maximum absolute atomic E-state index is 13.5. The molecular formula is C26H35N3O3. The Hall–Kier alpha value is -2.44. The number of carbonyl (C=O) groups is 1. The summed E-state index contributed by atoms with van der Waals surface area (Å²) in [5, 5.41) is 0. The standard InChI is InChI=1S/C26H35N3O3/c1-20-9-7-14-27-22(20)19-28-15-6-5-11-23-25(31-2)13-8-16-29(23)26(30)21-10-3-4-12-24(21)32-18-17-28/h3-4,7,9-10,12,14,23,25H,5-6,8,11,13,15-19H2,1-2H3/t23-,25-/m1/s1. The lowest BCUT2D eigenvalue weighted by molar-refractivity contribution is -0.0155. The summed E-state index contributed by atoms with van der Waals surface area (Å²) in [4.78, 5) is 22.6. The van der Waals surface area contributed by atoms with Crippen molar-refractivity contribution in [1.82, 2.24) is 14.8 Å². The Bertz CT molecular complexity index is 903. The number of amides is 1. The van der Waals surface area contributed by atoms with Crippen LogP contribution in [0.25, 0.3) is 0 Å². The number of aryl methyl sites for hydroxylation is 1. The fourth-order valence-corrected chi connectivity index (χ4v) is 4.95. The van der Waals surface area contributed by atoms with Gasteiger partial charge in [-0.2, -0.15) is 0 Å². The van der Waals surface area contributed by atoms with Crippen molar-refractivity contribution in [2.75, 3.05) is 33.4 Å². The van der Waals surface area contributed by atoms with Gasteiger partial charge < -0.3 is 14.4 Å². The van der Waals surface area contributed by atoms with Gasteiger partial charge in [-0.25, -0.2) is 0 Å². The van der Waals surface area contributed by atoms with Crippen molar-refractivity contribution in [3.63, 3.8) is 0 Å². The smallest absolute Gasteiger partial charge is 0.257 e. The predicted molar refractivity (Wildman–Crippen MR) is 125 cm³/mol. The first-order valence-electron chi connectivity index (χ1n) is 11.9. The summed E-state index contributed by atoms with van der Waals surface area (Å²) in [7, 11) is 1.77. The molecule has 0 N–H and O–H groups in total. The van der Waals surface area contributed by atoms with Gasteiger partial charge in [-0.05, 0) is 62.9 Å². The molecule has 3 heterocycles. The molecule has 0 spiro atoms. The molecule has 0 unspecified atom stereocenters. The van der Waals surface area contributed by atoms with Crippen LogP contribution in [0.5, 0.6) is 5.75 Å². The van der Waals surface area contributed by atoms with Gasteiger partial charge in [0.2, 0.25) is 0 Å². The van der Waals surface area contributed by atoms with E-state index in [-0.39, 0.29) is 18.1 Å². The van der Waals surface area contributed by atoms with E-state index in [9.17, 15) is 4.79 Å². The Morgan fingerprint density at radius 1 is 1.06 bits per heavy atom. The summed E-state index contributed by atoms with van der Waals surface area (Å²) in [6, 6.07) is 11.9. The number of fused-ring (bicyclic) bond motifs is 2. The van der Waals surface area contributed by atoms with Gasteiger partial charge in [-0.15, -0.1) is 0 Å². The highest BCUT2D eigenvalue weighted by Gasteiger charge is 2.35. The van der Waals surface area contributed by atoms with Crippen LogP contribution >= 0.6 is 0 Å². The number of benzene rings is 1. The van der Waals surface area contributed by atoms with E-state index < -0.39 is 0 Å². The highest BCUT2D eigenvalue weighted by Crippen LogP contribution is 2.29. The van der Waals surface area contributed by atoms with Crippen LogP contribution in [0.1, 0.15) is 53.7 Å². The van der Waals surface area contributed by atoms with E-state index in [1.54, 1.807) is 7.11 Å². The summed E-state index contributed by atoms with van der Waals surface area (Å²) < 4.78 is 12.0. The van der Waals surface area contributed by atoms with Gasteiger partial charge in [-0.3, -0.25) is 14.7 Å². The van der Waals surface area contributed by atoms with Crippen LogP contribution in [-0.4, -0.2) is 66.2 Å². The molecule has 1 aromatic carbocycles. The van der Waals surface area contributed by atoms with Crippen LogP contribution in [0, 0.1) is 6.92 Å². The molecule has 1 saturated heterocycles. The molecule has 6 heteroatoms. The molecule has 2 aliphatic rings. The van der Waals surface area contributed by atoms with E-state index in [2.05, 4.69) is 22.9 Å². The van der Waals surface area contributed by atoms with Gasteiger partial charge in [0.1, 0.15) is 12.4 Å². The average molecular weight is 438 g/mol. The van der Waals surface area contributed by atoms with Gasteiger partial charge in [0.05, 0.1) is 23.4 Å². The fraction of sp³-hybridized carbons (Fsp3) is 0.538. The largest absolute Gasteiger partial charge is 0.491 e. The lowest BCUT2D eigenvalue weighted by Gasteiger charge is -2.41. The molecule has 2 aromatic rings. The molecule has 2 aliphatic heterocycles. The lowest BCUT2D eigenvalue weighted by Crippen LogP contribution is -2.51. The number of aromatic nitrogens is 1. The second kappa shape index (κ2) is 10.9. The molecule has 4 rings (SSSR count). The van der Waals surface area contributed by atoms with E-state index in [1.807, 2.05) is 41.4 Å². The Morgan fingerprint density at radius 2 is 1.94 bits per heavy atom. The minimum Gasteiger partial charge on any atom is -0.491 e. The molecule has 1 fully saturated rings. The van der Waals surface area contributed by atoms with Crippen LogP contribution < -0.4 is 4.74 Å².